The Morgan fingerprint density at radius 3 is 2.43 bits per heavy atom. The van der Waals surface area contributed by atoms with E-state index < -0.39 is 28.9 Å². The van der Waals surface area contributed by atoms with Crippen molar-refractivity contribution in [3.05, 3.63) is 96.9 Å². The number of halogens is 1. The molecule has 2 aliphatic heterocycles. The first-order valence-corrected chi connectivity index (χ1v) is 15.4. The lowest BCUT2D eigenvalue weighted by atomic mass is 9.83. The molecule has 3 amide bonds. The van der Waals surface area contributed by atoms with Crippen LogP contribution in [-0.4, -0.2) is 39.8 Å². The monoisotopic (exact) mass is 665 g/mol. The molecule has 0 bridgehead atoms. The summed E-state index contributed by atoms with van der Waals surface area (Å²) in [6.07, 6.45) is 0. The number of aromatic nitrogens is 1. The number of imide groups is 1. The van der Waals surface area contributed by atoms with Crippen molar-refractivity contribution in [1.29, 1.82) is 0 Å². The molecule has 0 spiro atoms. The second kappa shape index (κ2) is 11.1. The number of benzene rings is 3. The van der Waals surface area contributed by atoms with Crippen molar-refractivity contribution in [2.24, 2.45) is 5.92 Å². The number of anilines is 2. The molecule has 2 aliphatic rings. The number of thioether (sulfide) groups is 1. The molecule has 2 N–H and O–H groups in total. The van der Waals surface area contributed by atoms with E-state index in [2.05, 4.69) is 21.2 Å². The van der Waals surface area contributed by atoms with Gasteiger partial charge in [-0.3, -0.25) is 23.7 Å². The first-order valence-electron chi connectivity index (χ1n) is 12.9. The molecule has 0 saturated carbocycles. The highest BCUT2D eigenvalue weighted by atomic mass is 79.9. The zero-order valence-corrected chi connectivity index (χ0v) is 25.6. The van der Waals surface area contributed by atoms with Crippen LogP contribution in [-0.2, 0) is 20.9 Å². The predicted molar refractivity (Wildman–Crippen MR) is 165 cm³/mol. The molecule has 1 fully saturated rings. The van der Waals surface area contributed by atoms with Crippen molar-refractivity contribution in [1.82, 2.24) is 4.57 Å². The molecular formula is C30H24BrN3O6S2. The number of aryl methyl sites for hydroxylation is 1. The topological polar surface area (TPSA) is 118 Å². The number of phenols is 1. The lowest BCUT2D eigenvalue weighted by molar-refractivity contribution is -0.122. The number of nitrogens with zero attached hydrogens (tertiary/aromatic N) is 2. The Labute approximate surface area is 257 Å². The minimum absolute atomic E-state index is 0.0768. The van der Waals surface area contributed by atoms with Gasteiger partial charge in [-0.15, -0.1) is 0 Å². The molecule has 214 valence electrons. The van der Waals surface area contributed by atoms with Gasteiger partial charge in [-0.2, -0.15) is 0 Å². The van der Waals surface area contributed by atoms with E-state index in [-0.39, 0.29) is 28.8 Å². The van der Waals surface area contributed by atoms with E-state index in [1.54, 1.807) is 48.5 Å². The Kier molecular flexibility index (Phi) is 7.46. The van der Waals surface area contributed by atoms with Crippen LogP contribution in [0.1, 0.15) is 21.9 Å². The number of aromatic hydroxyl groups is 1. The largest absolute Gasteiger partial charge is 0.504 e. The van der Waals surface area contributed by atoms with Crippen LogP contribution in [0.4, 0.5) is 11.4 Å². The fraction of sp³-hybridized carbons (Fsp3) is 0.200. The fourth-order valence-electron chi connectivity index (χ4n) is 5.33. The molecule has 6 rings (SSSR count). The lowest BCUT2D eigenvalue weighted by Gasteiger charge is -2.31. The van der Waals surface area contributed by atoms with Gasteiger partial charge in [0, 0.05) is 21.0 Å². The molecular weight excluding hydrogens is 642 g/mol. The van der Waals surface area contributed by atoms with Gasteiger partial charge in [0.2, 0.25) is 17.7 Å². The first kappa shape index (κ1) is 28.3. The van der Waals surface area contributed by atoms with Crippen LogP contribution in [0.3, 0.4) is 0 Å². The van der Waals surface area contributed by atoms with Gasteiger partial charge < -0.3 is 15.2 Å². The van der Waals surface area contributed by atoms with Gasteiger partial charge in [-0.25, -0.2) is 4.90 Å². The second-order valence-corrected chi connectivity index (χ2v) is 13.0. The van der Waals surface area contributed by atoms with Crippen LogP contribution in [0.2, 0.25) is 0 Å². The number of amides is 3. The summed E-state index contributed by atoms with van der Waals surface area (Å²) in [6, 6.07) is 19.0. The summed E-state index contributed by atoms with van der Waals surface area (Å²) in [5.41, 5.74) is 2.71. The molecule has 3 aromatic carbocycles. The number of phenolic OH excluding ortho intramolecular Hbond substituents is 1. The van der Waals surface area contributed by atoms with Gasteiger partial charge in [0.15, 0.2) is 11.5 Å². The number of fused-ring (bicyclic) bond motifs is 2. The number of ether oxygens (including phenoxy) is 1. The quantitative estimate of drug-likeness (QED) is 0.274. The van der Waals surface area contributed by atoms with Crippen molar-refractivity contribution in [3.8, 4) is 11.5 Å². The van der Waals surface area contributed by atoms with Gasteiger partial charge in [-0.1, -0.05) is 62.8 Å². The average molecular weight is 667 g/mol. The highest BCUT2D eigenvalue weighted by Crippen LogP contribution is 2.54. The van der Waals surface area contributed by atoms with Gasteiger partial charge in [0.05, 0.1) is 23.7 Å². The maximum atomic E-state index is 14.0. The molecule has 1 saturated heterocycles. The molecule has 0 radical (unpaired) electrons. The normalized spacial score (nSPS) is 19.4. The maximum Gasteiger partial charge on any atom is 0.308 e. The minimum Gasteiger partial charge on any atom is -0.504 e. The highest BCUT2D eigenvalue weighted by molar-refractivity contribution is 9.10. The average Bonchev–Trinajstić information content (AvgIpc) is 3.41. The van der Waals surface area contributed by atoms with E-state index in [4.69, 9.17) is 4.74 Å². The Morgan fingerprint density at radius 2 is 1.74 bits per heavy atom. The number of thiazole rings is 1. The van der Waals surface area contributed by atoms with Gasteiger partial charge in [0.1, 0.15) is 11.8 Å². The Hall–Kier alpha value is -3.87. The Bertz CT molecular complexity index is 1780. The summed E-state index contributed by atoms with van der Waals surface area (Å²) in [5.74, 6) is -2.54. The molecule has 12 heteroatoms. The molecule has 9 nitrogen and oxygen atoms in total. The fourth-order valence-corrected chi connectivity index (χ4v) is 8.37. The second-order valence-electron chi connectivity index (χ2n) is 10.00. The van der Waals surface area contributed by atoms with E-state index in [0.717, 1.165) is 33.1 Å². The van der Waals surface area contributed by atoms with Crippen molar-refractivity contribution >= 4 is 68.1 Å². The van der Waals surface area contributed by atoms with E-state index in [1.165, 1.54) is 22.6 Å². The molecule has 0 unspecified atom stereocenters. The van der Waals surface area contributed by atoms with Crippen molar-refractivity contribution in [3.63, 3.8) is 0 Å². The number of hydrogen-bond donors (Lipinski definition) is 2. The van der Waals surface area contributed by atoms with Crippen LogP contribution in [0.5, 0.6) is 11.5 Å². The standard InChI is InChI=1S/C30H24BrN3O6S2/c1-15-3-8-18(9-4-15)32-22(36)14-33-29-26(42-30(33)39)23(16-5-12-20(35)21(13-16)40-2)24-25(41-29)28(38)34(27(24)37)19-10-6-17(31)7-11-19/h3-13,23-25,35H,14H2,1-2H3,(H,32,36)/t23-,24+,25-/m0/s1. The third kappa shape index (κ3) is 4.93. The number of carbonyl (C=O) groups is 3. The summed E-state index contributed by atoms with van der Waals surface area (Å²) in [5, 5.41) is 12.7. The Morgan fingerprint density at radius 1 is 1.02 bits per heavy atom. The van der Waals surface area contributed by atoms with Crippen LogP contribution >= 0.6 is 39.0 Å². The number of carbonyl (C=O) groups excluding carboxylic acids is 3. The van der Waals surface area contributed by atoms with E-state index in [1.807, 2.05) is 19.1 Å². The lowest BCUT2D eigenvalue weighted by Crippen LogP contribution is -2.33. The number of nitrogens with one attached hydrogen (secondary N) is 1. The smallest absolute Gasteiger partial charge is 0.308 e. The first-order chi connectivity index (χ1) is 20.2. The van der Waals surface area contributed by atoms with E-state index in [9.17, 15) is 24.3 Å². The van der Waals surface area contributed by atoms with Gasteiger partial charge in [-0.05, 0) is 61.0 Å². The Balaban J connectivity index is 1.43. The minimum atomic E-state index is -0.834. The molecule has 42 heavy (non-hydrogen) atoms. The third-order valence-electron chi connectivity index (χ3n) is 7.33. The molecule has 3 heterocycles. The summed E-state index contributed by atoms with van der Waals surface area (Å²) in [6.45, 7) is 1.69. The molecule has 0 aliphatic carbocycles. The SMILES string of the molecule is COc1cc([C@@H]2c3sc(=O)n(CC(=O)Nc4ccc(C)cc4)c3S[C@@H]3C(=O)N(c4ccc(Br)cc4)C(=O)[C@H]23)ccc1O. The molecule has 3 atom stereocenters. The van der Waals surface area contributed by atoms with Crippen molar-refractivity contribution in [2.75, 3.05) is 17.3 Å². The zero-order valence-electron chi connectivity index (χ0n) is 22.4. The predicted octanol–water partition coefficient (Wildman–Crippen LogP) is 5.13. The summed E-state index contributed by atoms with van der Waals surface area (Å²) in [7, 11) is 1.42. The van der Waals surface area contributed by atoms with Gasteiger partial charge in [0.25, 0.3) is 0 Å². The molecule has 4 aromatic rings. The van der Waals surface area contributed by atoms with Gasteiger partial charge >= 0.3 is 4.87 Å². The van der Waals surface area contributed by atoms with Crippen LogP contribution in [0.25, 0.3) is 0 Å². The summed E-state index contributed by atoms with van der Waals surface area (Å²) in [4.78, 5) is 55.6. The highest BCUT2D eigenvalue weighted by Gasteiger charge is 2.57. The van der Waals surface area contributed by atoms with Crippen molar-refractivity contribution in [2.45, 2.75) is 29.7 Å². The maximum absolute atomic E-state index is 14.0. The zero-order chi connectivity index (χ0) is 29.7. The number of hydrogen-bond acceptors (Lipinski definition) is 8. The summed E-state index contributed by atoms with van der Waals surface area (Å²) < 4.78 is 7.51. The molecule has 1 aromatic heterocycles. The summed E-state index contributed by atoms with van der Waals surface area (Å²) >= 11 is 5.48. The van der Waals surface area contributed by atoms with Crippen LogP contribution in [0.15, 0.2) is 81.0 Å². The third-order valence-corrected chi connectivity index (χ3v) is 10.5. The number of rotatable bonds is 6. The van der Waals surface area contributed by atoms with E-state index in [0.29, 0.717) is 26.8 Å². The van der Waals surface area contributed by atoms with E-state index >= 15 is 0 Å². The van der Waals surface area contributed by atoms with Crippen LogP contribution in [0, 0.1) is 12.8 Å². The number of methoxy groups -OCH3 is 1. The van der Waals surface area contributed by atoms with Crippen LogP contribution < -0.4 is 19.8 Å². The van der Waals surface area contributed by atoms with Crippen molar-refractivity contribution < 1.29 is 24.2 Å².